The van der Waals surface area contributed by atoms with E-state index in [0.717, 1.165) is 12.1 Å². The first-order valence-corrected chi connectivity index (χ1v) is 6.72. The second kappa shape index (κ2) is 6.37. The summed E-state index contributed by atoms with van der Waals surface area (Å²) in [6.07, 6.45) is 0. The predicted octanol–water partition coefficient (Wildman–Crippen LogP) is 4.16. The lowest BCUT2D eigenvalue weighted by atomic mass is 10.1. The fourth-order valence-corrected chi connectivity index (χ4v) is 2.18. The first-order valence-electron chi connectivity index (χ1n) is 5.97. The molecule has 1 amide bonds. The van der Waals surface area contributed by atoms with E-state index >= 15 is 0 Å². The SMILES string of the molecule is CC(NC(=O)c1nc(Cl)ccc1Cl)c1c(F)cccc1F. The highest BCUT2D eigenvalue weighted by molar-refractivity contribution is 6.34. The molecule has 0 bridgehead atoms. The smallest absolute Gasteiger partial charge is 0.271 e. The number of aromatic nitrogens is 1. The third-order valence-electron chi connectivity index (χ3n) is 2.81. The molecule has 110 valence electrons. The number of nitrogens with one attached hydrogen (secondary N) is 1. The molecule has 1 heterocycles. The van der Waals surface area contributed by atoms with E-state index in [-0.39, 0.29) is 21.4 Å². The Hall–Kier alpha value is -1.72. The minimum absolute atomic E-state index is 0.0919. The molecule has 1 unspecified atom stereocenters. The van der Waals surface area contributed by atoms with Crippen LogP contribution in [-0.2, 0) is 0 Å². The van der Waals surface area contributed by atoms with Gasteiger partial charge in [-0.15, -0.1) is 0 Å². The van der Waals surface area contributed by atoms with Gasteiger partial charge in [0.05, 0.1) is 11.1 Å². The number of carbonyl (C=O) groups excluding carboxylic acids is 1. The van der Waals surface area contributed by atoms with Crippen molar-refractivity contribution in [3.8, 4) is 0 Å². The number of hydrogen-bond donors (Lipinski definition) is 1. The molecule has 1 N–H and O–H groups in total. The summed E-state index contributed by atoms with van der Waals surface area (Å²) in [5.41, 5.74) is -0.336. The Kier molecular flexibility index (Phi) is 4.75. The van der Waals surface area contributed by atoms with E-state index in [1.165, 1.54) is 25.1 Å². The Morgan fingerprint density at radius 1 is 1.19 bits per heavy atom. The van der Waals surface area contributed by atoms with Gasteiger partial charge in [-0.2, -0.15) is 0 Å². The van der Waals surface area contributed by atoms with Gasteiger partial charge in [0, 0.05) is 5.56 Å². The number of hydrogen-bond acceptors (Lipinski definition) is 2. The van der Waals surface area contributed by atoms with Crippen LogP contribution in [-0.4, -0.2) is 10.9 Å². The second-order valence-corrected chi connectivity index (χ2v) is 5.09. The number of nitrogens with zero attached hydrogens (tertiary/aromatic N) is 1. The minimum atomic E-state index is -0.893. The molecule has 1 aromatic carbocycles. The van der Waals surface area contributed by atoms with Gasteiger partial charge in [-0.3, -0.25) is 4.79 Å². The lowest BCUT2D eigenvalue weighted by molar-refractivity contribution is 0.0934. The molecule has 0 saturated carbocycles. The van der Waals surface area contributed by atoms with E-state index in [9.17, 15) is 13.6 Å². The predicted molar refractivity (Wildman–Crippen MR) is 76.5 cm³/mol. The van der Waals surface area contributed by atoms with Crippen LogP contribution in [0, 0.1) is 11.6 Å². The average molecular weight is 331 g/mol. The monoisotopic (exact) mass is 330 g/mol. The number of benzene rings is 1. The second-order valence-electron chi connectivity index (χ2n) is 4.29. The van der Waals surface area contributed by atoms with Gasteiger partial charge >= 0.3 is 0 Å². The van der Waals surface area contributed by atoms with Crippen molar-refractivity contribution in [1.82, 2.24) is 10.3 Å². The summed E-state index contributed by atoms with van der Waals surface area (Å²) in [6, 6.07) is 5.44. The maximum absolute atomic E-state index is 13.6. The van der Waals surface area contributed by atoms with Crippen LogP contribution >= 0.6 is 23.2 Å². The van der Waals surface area contributed by atoms with Crippen molar-refractivity contribution >= 4 is 29.1 Å². The third kappa shape index (κ3) is 3.49. The molecule has 3 nitrogen and oxygen atoms in total. The first kappa shape index (κ1) is 15.7. The summed E-state index contributed by atoms with van der Waals surface area (Å²) in [7, 11) is 0. The third-order valence-corrected chi connectivity index (χ3v) is 3.32. The molecule has 0 radical (unpaired) electrons. The Morgan fingerprint density at radius 3 is 2.43 bits per heavy atom. The van der Waals surface area contributed by atoms with E-state index < -0.39 is 23.6 Å². The van der Waals surface area contributed by atoms with Gasteiger partial charge in [0.2, 0.25) is 0 Å². The Bertz CT molecular complexity index is 674. The molecule has 0 aliphatic rings. The Labute approximate surface area is 129 Å². The van der Waals surface area contributed by atoms with Crippen LogP contribution in [0.4, 0.5) is 8.78 Å². The standard InChI is InChI=1S/C14H10Cl2F2N2O/c1-7(12-9(17)3-2-4-10(12)18)19-14(21)13-8(15)5-6-11(16)20-13/h2-7H,1H3,(H,19,21). The average Bonchev–Trinajstić information content (AvgIpc) is 2.41. The molecule has 0 aliphatic heterocycles. The molecule has 0 spiro atoms. The van der Waals surface area contributed by atoms with Crippen molar-refractivity contribution in [3.05, 3.63) is 63.4 Å². The van der Waals surface area contributed by atoms with Crippen molar-refractivity contribution in [2.24, 2.45) is 0 Å². The van der Waals surface area contributed by atoms with Crippen molar-refractivity contribution < 1.29 is 13.6 Å². The first-order chi connectivity index (χ1) is 9.90. The zero-order valence-electron chi connectivity index (χ0n) is 10.8. The van der Waals surface area contributed by atoms with Crippen LogP contribution in [0.15, 0.2) is 30.3 Å². The van der Waals surface area contributed by atoms with Gasteiger partial charge in [0.15, 0.2) is 0 Å². The highest BCUT2D eigenvalue weighted by Gasteiger charge is 2.20. The largest absolute Gasteiger partial charge is 0.344 e. The molecule has 0 aliphatic carbocycles. The molecule has 0 saturated heterocycles. The molecule has 2 aromatic rings. The Morgan fingerprint density at radius 2 is 1.81 bits per heavy atom. The molecule has 21 heavy (non-hydrogen) atoms. The summed E-state index contributed by atoms with van der Waals surface area (Å²) in [5, 5.41) is 2.63. The van der Waals surface area contributed by atoms with Crippen LogP contribution in [0.25, 0.3) is 0 Å². The van der Waals surface area contributed by atoms with Gasteiger partial charge < -0.3 is 5.32 Å². The van der Waals surface area contributed by atoms with Gasteiger partial charge in [-0.05, 0) is 31.2 Å². The molecule has 2 rings (SSSR count). The number of carbonyl (C=O) groups is 1. The zero-order valence-corrected chi connectivity index (χ0v) is 12.3. The van der Waals surface area contributed by atoms with Crippen LogP contribution in [0.2, 0.25) is 10.2 Å². The van der Waals surface area contributed by atoms with Crippen molar-refractivity contribution in [2.45, 2.75) is 13.0 Å². The maximum atomic E-state index is 13.6. The number of amides is 1. The molecule has 1 aromatic heterocycles. The lowest BCUT2D eigenvalue weighted by Gasteiger charge is -2.16. The van der Waals surface area contributed by atoms with Crippen LogP contribution in [0.1, 0.15) is 29.0 Å². The minimum Gasteiger partial charge on any atom is -0.344 e. The molecular weight excluding hydrogens is 321 g/mol. The summed E-state index contributed by atoms with van der Waals surface area (Å²) < 4.78 is 27.3. The number of rotatable bonds is 3. The van der Waals surface area contributed by atoms with E-state index in [2.05, 4.69) is 10.3 Å². The van der Waals surface area contributed by atoms with E-state index in [1.807, 2.05) is 0 Å². The number of pyridine rings is 1. The fourth-order valence-electron chi connectivity index (χ4n) is 1.84. The summed E-state index contributed by atoms with van der Waals surface area (Å²) in [4.78, 5) is 15.9. The van der Waals surface area contributed by atoms with E-state index in [4.69, 9.17) is 23.2 Å². The molecule has 7 heteroatoms. The highest BCUT2D eigenvalue weighted by atomic mass is 35.5. The maximum Gasteiger partial charge on any atom is 0.271 e. The van der Waals surface area contributed by atoms with Crippen LogP contribution in [0.5, 0.6) is 0 Å². The lowest BCUT2D eigenvalue weighted by Crippen LogP contribution is -2.29. The number of halogens is 4. The molecular formula is C14H10Cl2F2N2O. The molecule has 0 fully saturated rings. The highest BCUT2D eigenvalue weighted by Crippen LogP contribution is 2.22. The fraction of sp³-hybridized carbons (Fsp3) is 0.143. The topological polar surface area (TPSA) is 42.0 Å². The zero-order chi connectivity index (χ0) is 15.6. The summed E-state index contributed by atoms with van der Waals surface area (Å²) >= 11 is 11.5. The summed E-state index contributed by atoms with van der Waals surface area (Å²) in [6.45, 7) is 1.46. The van der Waals surface area contributed by atoms with Crippen molar-refractivity contribution in [3.63, 3.8) is 0 Å². The molecule has 1 atom stereocenters. The van der Waals surface area contributed by atoms with Crippen LogP contribution < -0.4 is 5.32 Å². The van der Waals surface area contributed by atoms with Gasteiger partial charge in [-0.25, -0.2) is 13.8 Å². The van der Waals surface area contributed by atoms with Crippen LogP contribution in [0.3, 0.4) is 0 Å². The summed E-state index contributed by atoms with van der Waals surface area (Å²) in [5.74, 6) is -2.15. The quantitative estimate of drug-likeness (QED) is 0.858. The van der Waals surface area contributed by atoms with Gasteiger partial charge in [0.25, 0.3) is 5.91 Å². The van der Waals surface area contributed by atoms with Crippen molar-refractivity contribution in [1.29, 1.82) is 0 Å². The van der Waals surface area contributed by atoms with Gasteiger partial charge in [-0.1, -0.05) is 29.3 Å². The van der Waals surface area contributed by atoms with Gasteiger partial charge in [0.1, 0.15) is 22.5 Å². The normalized spacial score (nSPS) is 12.0. The van der Waals surface area contributed by atoms with E-state index in [1.54, 1.807) is 0 Å². The van der Waals surface area contributed by atoms with Crippen molar-refractivity contribution in [2.75, 3.05) is 0 Å². The Balaban J connectivity index is 2.25. The van der Waals surface area contributed by atoms with E-state index in [0.29, 0.717) is 0 Å².